The van der Waals surface area contributed by atoms with Crippen molar-refractivity contribution < 1.29 is 43.2 Å². The number of aryl methyl sites for hydroxylation is 1. The number of hydrogen-bond donors (Lipinski definition) is 6. The third kappa shape index (κ3) is 10.6. The van der Waals surface area contributed by atoms with E-state index in [0.29, 0.717) is 18.5 Å². The van der Waals surface area contributed by atoms with Crippen LogP contribution in [0.5, 0.6) is 5.75 Å². The fourth-order valence-electron chi connectivity index (χ4n) is 4.86. The van der Waals surface area contributed by atoms with Crippen molar-refractivity contribution in [3.63, 3.8) is 0 Å². The first-order valence-electron chi connectivity index (χ1n) is 13.4. The van der Waals surface area contributed by atoms with Crippen LogP contribution < -0.4 is 20.5 Å². The summed E-state index contributed by atoms with van der Waals surface area (Å²) in [5, 5.41) is 17.1. The van der Waals surface area contributed by atoms with Crippen LogP contribution in [0.1, 0.15) is 54.9 Å². The van der Waals surface area contributed by atoms with Gasteiger partial charge in [0.25, 0.3) is 0 Å². The molecule has 0 bridgehead atoms. The van der Waals surface area contributed by atoms with Crippen LogP contribution in [0.4, 0.5) is 0 Å². The topological polar surface area (TPSA) is 191 Å². The van der Waals surface area contributed by atoms with Gasteiger partial charge in [-0.25, -0.2) is 4.57 Å². The summed E-state index contributed by atoms with van der Waals surface area (Å²) in [6.45, 7) is 1.54. The summed E-state index contributed by atoms with van der Waals surface area (Å²) < 4.78 is 15.5. The minimum atomic E-state index is -4.74. The van der Waals surface area contributed by atoms with Crippen LogP contribution in [0.3, 0.4) is 0 Å². The van der Waals surface area contributed by atoms with Gasteiger partial charge in [0.15, 0.2) is 0 Å². The molecular weight excluding hydrogens is 553 g/mol. The number of carboxylic acids is 1. The molecule has 13 heteroatoms. The van der Waals surface area contributed by atoms with Crippen molar-refractivity contribution in [1.82, 2.24) is 16.0 Å². The number of carbonyl (C=O) groups is 4. The second-order valence-corrected chi connectivity index (χ2v) is 11.1. The summed E-state index contributed by atoms with van der Waals surface area (Å²) in [5.41, 5.74) is 4.36. The standard InChI is InChI=1S/C28H36N3O9P/c1-18(32)30-25(17-19-9-11-22(12-10-19)40-41(37,38)39)28(36)31-24(13-14-26(33)34)27(35)29-16-15-21-7-4-6-20-5-2-3-8-23(20)21/h4,6-7,9-12,24-25H,2-3,5,8,13-17H2,1H3,(H,29,35)(H,30,32)(H,31,36)(H,33,34)(H2,37,38,39)/t24-,25-/m0/s1. The second-order valence-electron chi connectivity index (χ2n) is 9.98. The molecule has 6 N–H and O–H groups in total. The van der Waals surface area contributed by atoms with Gasteiger partial charge >= 0.3 is 13.8 Å². The third-order valence-electron chi connectivity index (χ3n) is 6.75. The number of phosphoric acid groups is 1. The molecule has 0 aromatic heterocycles. The van der Waals surface area contributed by atoms with Crippen molar-refractivity contribution >= 4 is 31.5 Å². The van der Waals surface area contributed by atoms with Crippen LogP contribution in [0, 0.1) is 0 Å². The van der Waals surface area contributed by atoms with Gasteiger partial charge in [0.05, 0.1) is 0 Å². The summed E-state index contributed by atoms with van der Waals surface area (Å²) >= 11 is 0. The molecule has 3 amide bonds. The van der Waals surface area contributed by atoms with Crippen molar-refractivity contribution in [2.24, 2.45) is 0 Å². The summed E-state index contributed by atoms with van der Waals surface area (Å²) in [7, 11) is -4.74. The average molecular weight is 590 g/mol. The first-order chi connectivity index (χ1) is 19.4. The van der Waals surface area contributed by atoms with Crippen molar-refractivity contribution in [1.29, 1.82) is 0 Å². The Morgan fingerprint density at radius 1 is 0.951 bits per heavy atom. The Kier molecular flexibility index (Phi) is 11.5. The zero-order chi connectivity index (χ0) is 30.0. The molecule has 12 nitrogen and oxygen atoms in total. The number of aliphatic carboxylic acids is 1. The van der Waals surface area contributed by atoms with Gasteiger partial charge in [-0.1, -0.05) is 30.3 Å². The molecule has 3 rings (SSSR count). The maximum atomic E-state index is 13.2. The summed E-state index contributed by atoms with van der Waals surface area (Å²) in [6, 6.07) is 9.52. The van der Waals surface area contributed by atoms with Gasteiger partial charge < -0.3 is 25.6 Å². The van der Waals surface area contributed by atoms with Gasteiger partial charge in [0.2, 0.25) is 17.7 Å². The average Bonchev–Trinajstić information content (AvgIpc) is 2.90. The molecule has 0 spiro atoms. The SMILES string of the molecule is CC(=O)N[C@@H](Cc1ccc(OP(=O)(O)O)cc1)C(=O)N[C@@H](CCC(=O)O)C(=O)NCCc1cccc2c1CCCC2. The molecule has 0 saturated carbocycles. The van der Waals surface area contributed by atoms with E-state index in [1.807, 2.05) is 12.1 Å². The molecule has 0 saturated heterocycles. The van der Waals surface area contributed by atoms with Crippen molar-refractivity contribution in [2.75, 3.05) is 6.54 Å². The van der Waals surface area contributed by atoms with Crippen molar-refractivity contribution in [3.05, 3.63) is 64.7 Å². The molecule has 2 atom stereocenters. The minimum Gasteiger partial charge on any atom is -0.481 e. The summed E-state index contributed by atoms with van der Waals surface area (Å²) in [5.74, 6) is -2.90. The largest absolute Gasteiger partial charge is 0.524 e. The number of rotatable bonds is 14. The van der Waals surface area contributed by atoms with E-state index in [4.69, 9.17) is 9.79 Å². The van der Waals surface area contributed by atoms with Crippen LogP contribution in [-0.4, -0.2) is 57.2 Å². The lowest BCUT2D eigenvalue weighted by molar-refractivity contribution is -0.138. The summed E-state index contributed by atoms with van der Waals surface area (Å²) in [4.78, 5) is 67.1. The molecule has 0 unspecified atom stereocenters. The molecule has 2 aromatic carbocycles. The highest BCUT2D eigenvalue weighted by molar-refractivity contribution is 7.46. The van der Waals surface area contributed by atoms with Crippen LogP contribution in [0.2, 0.25) is 0 Å². The molecule has 1 aliphatic carbocycles. The molecule has 0 radical (unpaired) electrons. The fraction of sp³-hybridized carbons (Fsp3) is 0.429. The quantitative estimate of drug-likeness (QED) is 0.178. The molecule has 0 fully saturated rings. The van der Waals surface area contributed by atoms with Gasteiger partial charge in [-0.15, -0.1) is 0 Å². The lowest BCUT2D eigenvalue weighted by Gasteiger charge is -2.23. The zero-order valence-electron chi connectivity index (χ0n) is 22.8. The number of benzene rings is 2. The van der Waals surface area contributed by atoms with Crippen LogP contribution in [0.25, 0.3) is 0 Å². The Labute approximate surface area is 238 Å². The molecule has 1 aliphatic rings. The van der Waals surface area contributed by atoms with E-state index in [9.17, 15) is 28.8 Å². The molecule has 2 aromatic rings. The zero-order valence-corrected chi connectivity index (χ0v) is 23.7. The number of fused-ring (bicyclic) bond motifs is 1. The molecule has 0 aliphatic heterocycles. The van der Waals surface area contributed by atoms with Gasteiger partial charge in [-0.05, 0) is 72.9 Å². The summed E-state index contributed by atoms with van der Waals surface area (Å²) in [6.07, 6.45) is 4.43. The Bertz CT molecular complexity index is 1290. The van der Waals surface area contributed by atoms with Crippen molar-refractivity contribution in [2.45, 2.75) is 70.4 Å². The van der Waals surface area contributed by atoms with Gasteiger partial charge in [0.1, 0.15) is 17.8 Å². The number of carboxylic acid groups (broad SMARTS) is 1. The molecule has 0 heterocycles. The molecular formula is C28H36N3O9P. The van der Waals surface area contributed by atoms with Crippen LogP contribution in [0.15, 0.2) is 42.5 Å². The van der Waals surface area contributed by atoms with E-state index in [-0.39, 0.29) is 25.0 Å². The van der Waals surface area contributed by atoms with E-state index >= 15 is 0 Å². The number of phosphoric ester groups is 1. The lowest BCUT2D eigenvalue weighted by atomic mass is 9.87. The van der Waals surface area contributed by atoms with Crippen LogP contribution in [-0.2, 0) is 49.4 Å². The highest BCUT2D eigenvalue weighted by Gasteiger charge is 2.27. The first-order valence-corrected chi connectivity index (χ1v) is 14.9. The second kappa shape index (κ2) is 14.8. The fourth-order valence-corrected chi connectivity index (χ4v) is 5.26. The maximum absolute atomic E-state index is 13.2. The highest BCUT2D eigenvalue weighted by atomic mass is 31.2. The Balaban J connectivity index is 1.65. The van der Waals surface area contributed by atoms with E-state index in [2.05, 4.69) is 26.5 Å². The molecule has 41 heavy (non-hydrogen) atoms. The highest BCUT2D eigenvalue weighted by Crippen LogP contribution is 2.37. The monoisotopic (exact) mass is 589 g/mol. The number of amides is 3. The molecule has 222 valence electrons. The van der Waals surface area contributed by atoms with Gasteiger partial charge in [0, 0.05) is 26.3 Å². The van der Waals surface area contributed by atoms with E-state index in [0.717, 1.165) is 31.2 Å². The smallest absolute Gasteiger partial charge is 0.481 e. The van der Waals surface area contributed by atoms with Crippen LogP contribution >= 0.6 is 7.82 Å². The van der Waals surface area contributed by atoms with E-state index in [1.165, 1.54) is 42.3 Å². The number of hydrogen-bond acceptors (Lipinski definition) is 6. The third-order valence-corrected chi connectivity index (χ3v) is 7.20. The number of carbonyl (C=O) groups excluding carboxylic acids is 3. The van der Waals surface area contributed by atoms with E-state index < -0.39 is 43.6 Å². The van der Waals surface area contributed by atoms with E-state index in [1.54, 1.807) is 0 Å². The predicted molar refractivity (Wildman–Crippen MR) is 149 cm³/mol. The Hall–Kier alpha value is -3.73. The Morgan fingerprint density at radius 2 is 1.66 bits per heavy atom. The van der Waals surface area contributed by atoms with Gasteiger partial charge in [-0.3, -0.25) is 29.0 Å². The normalized spacial score (nSPS) is 14.2. The predicted octanol–water partition coefficient (Wildman–Crippen LogP) is 1.79. The number of nitrogens with one attached hydrogen (secondary N) is 3. The van der Waals surface area contributed by atoms with Crippen molar-refractivity contribution in [3.8, 4) is 5.75 Å². The lowest BCUT2D eigenvalue weighted by Crippen LogP contribution is -2.54. The van der Waals surface area contributed by atoms with Gasteiger partial charge in [-0.2, -0.15) is 0 Å². The minimum absolute atomic E-state index is 0.00596. The Morgan fingerprint density at radius 3 is 2.32 bits per heavy atom. The first kappa shape index (κ1) is 31.8. The maximum Gasteiger partial charge on any atom is 0.524 e.